The Balaban J connectivity index is 2.15. The summed E-state index contributed by atoms with van der Waals surface area (Å²) >= 11 is 0. The van der Waals surface area contributed by atoms with E-state index in [1.54, 1.807) is 0 Å². The first-order chi connectivity index (χ1) is 9.35. The third kappa shape index (κ3) is 3.85. The molecule has 0 spiro atoms. The van der Waals surface area contributed by atoms with E-state index in [0.717, 1.165) is 36.4 Å². The zero-order valence-corrected chi connectivity index (χ0v) is 11.5. The van der Waals surface area contributed by atoms with E-state index < -0.39 is 0 Å². The molecule has 4 heteroatoms. The van der Waals surface area contributed by atoms with Crippen LogP contribution in [0.1, 0.15) is 37.8 Å². The summed E-state index contributed by atoms with van der Waals surface area (Å²) in [6.45, 7) is 4.66. The topological polar surface area (TPSA) is 50.7 Å². The van der Waals surface area contributed by atoms with Crippen molar-refractivity contribution in [1.82, 2.24) is 5.32 Å². The molecule has 0 aromatic heterocycles. The molecule has 0 bridgehead atoms. The molecule has 1 aromatic rings. The van der Waals surface area contributed by atoms with Crippen LogP contribution in [-0.4, -0.2) is 31.5 Å². The van der Waals surface area contributed by atoms with Gasteiger partial charge in [-0.2, -0.15) is 0 Å². The molecule has 1 heterocycles. The fraction of sp³-hybridized carbons (Fsp3) is 0.600. The lowest BCUT2D eigenvalue weighted by atomic mass is 10.0. The number of benzene rings is 1. The van der Waals surface area contributed by atoms with Crippen LogP contribution in [0.2, 0.25) is 0 Å². The lowest BCUT2D eigenvalue weighted by Crippen LogP contribution is -2.23. The monoisotopic (exact) mass is 265 g/mol. The third-order valence-electron chi connectivity index (χ3n) is 3.23. The van der Waals surface area contributed by atoms with E-state index in [1.165, 1.54) is 0 Å². The fourth-order valence-corrected chi connectivity index (χ4v) is 2.23. The van der Waals surface area contributed by atoms with Crippen LogP contribution in [0.3, 0.4) is 0 Å². The molecule has 2 rings (SSSR count). The maximum atomic E-state index is 9.18. The van der Waals surface area contributed by atoms with Crippen molar-refractivity contribution in [3.8, 4) is 11.5 Å². The van der Waals surface area contributed by atoms with Crippen LogP contribution < -0.4 is 14.8 Å². The summed E-state index contributed by atoms with van der Waals surface area (Å²) in [4.78, 5) is 0. The van der Waals surface area contributed by atoms with Crippen molar-refractivity contribution in [3.63, 3.8) is 0 Å². The largest absolute Gasteiger partial charge is 0.490 e. The summed E-state index contributed by atoms with van der Waals surface area (Å²) in [6, 6.07) is 6.22. The smallest absolute Gasteiger partial charge is 0.161 e. The zero-order chi connectivity index (χ0) is 13.5. The Morgan fingerprint density at radius 2 is 2.05 bits per heavy atom. The molecule has 2 N–H and O–H groups in total. The second-order valence-corrected chi connectivity index (χ2v) is 4.78. The average molecular weight is 265 g/mol. The molecule has 1 aliphatic heterocycles. The third-order valence-corrected chi connectivity index (χ3v) is 3.23. The van der Waals surface area contributed by atoms with Gasteiger partial charge < -0.3 is 19.9 Å². The maximum absolute atomic E-state index is 9.18. The average Bonchev–Trinajstić information content (AvgIpc) is 2.67. The summed E-state index contributed by atoms with van der Waals surface area (Å²) in [6.07, 6.45) is 2.70. The van der Waals surface area contributed by atoms with Crippen LogP contribution in [0, 0.1) is 0 Å². The predicted molar refractivity (Wildman–Crippen MR) is 74.8 cm³/mol. The lowest BCUT2D eigenvalue weighted by molar-refractivity contribution is 0.265. The van der Waals surface area contributed by atoms with E-state index >= 15 is 0 Å². The first-order valence-electron chi connectivity index (χ1n) is 7.09. The van der Waals surface area contributed by atoms with Crippen LogP contribution in [0.5, 0.6) is 11.5 Å². The number of aliphatic hydroxyl groups is 1. The van der Waals surface area contributed by atoms with E-state index in [0.29, 0.717) is 19.6 Å². The molecule has 0 aliphatic carbocycles. The Kier molecular flexibility index (Phi) is 5.48. The van der Waals surface area contributed by atoms with Gasteiger partial charge in [0.25, 0.3) is 0 Å². The molecular formula is C15H23NO3. The maximum Gasteiger partial charge on any atom is 0.161 e. The number of ether oxygens (including phenoxy) is 2. The minimum Gasteiger partial charge on any atom is -0.490 e. The second-order valence-electron chi connectivity index (χ2n) is 4.78. The number of hydrogen-bond donors (Lipinski definition) is 2. The Morgan fingerprint density at radius 1 is 1.26 bits per heavy atom. The molecule has 19 heavy (non-hydrogen) atoms. The molecule has 0 saturated carbocycles. The quantitative estimate of drug-likeness (QED) is 0.828. The van der Waals surface area contributed by atoms with Crippen molar-refractivity contribution < 1.29 is 14.6 Å². The van der Waals surface area contributed by atoms with E-state index in [9.17, 15) is 5.11 Å². The van der Waals surface area contributed by atoms with E-state index in [1.807, 2.05) is 12.1 Å². The number of nitrogens with one attached hydrogen (secondary N) is 1. The van der Waals surface area contributed by atoms with Crippen LogP contribution in [-0.2, 0) is 0 Å². The summed E-state index contributed by atoms with van der Waals surface area (Å²) in [5.41, 5.74) is 1.15. The minimum atomic E-state index is 0.169. The minimum absolute atomic E-state index is 0.169. The van der Waals surface area contributed by atoms with Gasteiger partial charge in [0.15, 0.2) is 11.5 Å². The summed E-state index contributed by atoms with van der Waals surface area (Å²) in [7, 11) is 0. The van der Waals surface area contributed by atoms with Crippen LogP contribution in [0.4, 0.5) is 0 Å². The van der Waals surface area contributed by atoms with Gasteiger partial charge in [0.05, 0.1) is 13.2 Å². The van der Waals surface area contributed by atoms with Crippen LogP contribution in [0.25, 0.3) is 0 Å². The number of aliphatic hydroxyl groups excluding tert-OH is 1. The SMILES string of the molecule is CCCNC(CCO)c1ccc2c(c1)OCCCO2. The Bertz CT molecular complexity index is 395. The van der Waals surface area contributed by atoms with Crippen molar-refractivity contribution in [2.24, 2.45) is 0 Å². The van der Waals surface area contributed by atoms with Crippen molar-refractivity contribution in [2.45, 2.75) is 32.2 Å². The van der Waals surface area contributed by atoms with Gasteiger partial charge in [-0.05, 0) is 37.1 Å². The Labute approximate surface area is 114 Å². The highest BCUT2D eigenvalue weighted by Gasteiger charge is 2.15. The number of fused-ring (bicyclic) bond motifs is 1. The molecule has 0 amide bonds. The molecule has 0 saturated heterocycles. The summed E-state index contributed by atoms with van der Waals surface area (Å²) < 4.78 is 11.3. The van der Waals surface area contributed by atoms with Gasteiger partial charge in [0, 0.05) is 19.1 Å². The molecule has 106 valence electrons. The fourth-order valence-electron chi connectivity index (χ4n) is 2.23. The second kappa shape index (κ2) is 7.36. The van der Waals surface area contributed by atoms with E-state index in [-0.39, 0.29) is 12.6 Å². The van der Waals surface area contributed by atoms with Crippen LogP contribution in [0.15, 0.2) is 18.2 Å². The first kappa shape index (κ1) is 14.2. The molecule has 1 atom stereocenters. The molecule has 0 fully saturated rings. The molecule has 1 unspecified atom stereocenters. The Morgan fingerprint density at radius 3 is 2.79 bits per heavy atom. The van der Waals surface area contributed by atoms with Crippen LogP contribution >= 0.6 is 0 Å². The molecule has 1 aromatic carbocycles. The number of hydrogen-bond acceptors (Lipinski definition) is 4. The zero-order valence-electron chi connectivity index (χ0n) is 11.5. The predicted octanol–water partition coefficient (Wildman–Crippen LogP) is 2.27. The van der Waals surface area contributed by atoms with Crippen molar-refractivity contribution in [2.75, 3.05) is 26.4 Å². The van der Waals surface area contributed by atoms with Crippen molar-refractivity contribution in [3.05, 3.63) is 23.8 Å². The van der Waals surface area contributed by atoms with Gasteiger partial charge in [-0.15, -0.1) is 0 Å². The van der Waals surface area contributed by atoms with E-state index in [4.69, 9.17) is 9.47 Å². The lowest BCUT2D eigenvalue weighted by Gasteiger charge is -2.19. The molecular weight excluding hydrogens is 242 g/mol. The van der Waals surface area contributed by atoms with Gasteiger partial charge in [-0.1, -0.05) is 13.0 Å². The first-order valence-corrected chi connectivity index (χ1v) is 7.09. The van der Waals surface area contributed by atoms with Crippen molar-refractivity contribution in [1.29, 1.82) is 0 Å². The molecule has 4 nitrogen and oxygen atoms in total. The Hall–Kier alpha value is -1.26. The standard InChI is InChI=1S/C15H23NO3/c1-2-7-16-13(6-8-17)12-4-5-14-15(11-12)19-10-3-9-18-14/h4-5,11,13,16-17H,2-3,6-10H2,1H3. The van der Waals surface area contributed by atoms with Crippen molar-refractivity contribution >= 4 is 0 Å². The molecule has 1 aliphatic rings. The normalized spacial score (nSPS) is 15.9. The summed E-state index contributed by atoms with van der Waals surface area (Å²) in [5.74, 6) is 1.63. The van der Waals surface area contributed by atoms with Gasteiger partial charge in [0.2, 0.25) is 0 Å². The summed E-state index contributed by atoms with van der Waals surface area (Å²) in [5, 5.41) is 12.6. The highest BCUT2D eigenvalue weighted by molar-refractivity contribution is 5.44. The van der Waals surface area contributed by atoms with E-state index in [2.05, 4.69) is 18.3 Å². The highest BCUT2D eigenvalue weighted by Crippen LogP contribution is 2.32. The van der Waals surface area contributed by atoms with Gasteiger partial charge in [-0.25, -0.2) is 0 Å². The van der Waals surface area contributed by atoms with Gasteiger partial charge >= 0.3 is 0 Å². The highest BCUT2D eigenvalue weighted by atomic mass is 16.5. The van der Waals surface area contributed by atoms with Gasteiger partial charge in [0.1, 0.15) is 0 Å². The van der Waals surface area contributed by atoms with Gasteiger partial charge in [-0.3, -0.25) is 0 Å². The molecule has 0 radical (unpaired) electrons. The number of rotatable bonds is 6.